The first-order chi connectivity index (χ1) is 23.3. The molecule has 7 rings (SSSR count). The average molecular weight is 840 g/mol. The van der Waals surface area contributed by atoms with E-state index in [1.165, 1.54) is 38.9 Å². The number of pyridine rings is 1. The van der Waals surface area contributed by atoms with Gasteiger partial charge in [0, 0.05) is 35.0 Å². The van der Waals surface area contributed by atoms with E-state index >= 15 is 0 Å². The minimum Gasteiger partial charge on any atom is -0.509 e. The molecular weight excluding hydrogens is 796 g/mol. The number of nitrogens with zero attached hydrogens (tertiary/aromatic N) is 4. The van der Waals surface area contributed by atoms with E-state index in [0.717, 1.165) is 44.4 Å². The number of para-hydroxylation sites is 1. The van der Waals surface area contributed by atoms with Crippen LogP contribution in [0.25, 0.3) is 44.4 Å². The van der Waals surface area contributed by atoms with Crippen LogP contribution >= 0.6 is 0 Å². The number of hydrogen-bond acceptors (Lipinski definition) is 3. The van der Waals surface area contributed by atoms with Crippen molar-refractivity contribution in [3.05, 3.63) is 130 Å². The smallest absolute Gasteiger partial charge is 0.509 e. The Morgan fingerprint density at radius 3 is 2.16 bits per heavy atom. The van der Waals surface area contributed by atoms with Crippen molar-refractivity contribution in [2.45, 2.75) is 80.6 Å². The molecule has 0 radical (unpaired) electrons. The molecule has 7 aromatic rings. The molecule has 256 valence electrons. The Bertz CT molecular complexity index is 2360. The van der Waals surface area contributed by atoms with Gasteiger partial charge in [0.15, 0.2) is 0 Å². The zero-order valence-corrected chi connectivity index (χ0v) is 32.9. The molecule has 5 nitrogen and oxygen atoms in total. The van der Waals surface area contributed by atoms with Gasteiger partial charge >= 0.3 is 21.1 Å². The van der Waals surface area contributed by atoms with Gasteiger partial charge in [-0.2, -0.15) is 11.2 Å². The van der Waals surface area contributed by atoms with Crippen molar-refractivity contribution in [2.75, 3.05) is 0 Å². The van der Waals surface area contributed by atoms with E-state index in [-0.39, 0.29) is 32.4 Å². The monoisotopic (exact) mass is 839 g/mol. The maximum atomic E-state index is 6.59. The zero-order chi connectivity index (χ0) is 34.8. The van der Waals surface area contributed by atoms with E-state index in [2.05, 4.69) is 147 Å². The van der Waals surface area contributed by atoms with Gasteiger partial charge in [-0.05, 0) is 114 Å². The van der Waals surface area contributed by atoms with Crippen LogP contribution in [0.4, 0.5) is 0 Å². The molecule has 0 spiro atoms. The van der Waals surface area contributed by atoms with Gasteiger partial charge in [0.1, 0.15) is 5.82 Å². The molecule has 0 bridgehead atoms. The topological polar surface area (TPSA) is 44.9 Å². The molecule has 3 aromatic heterocycles. The van der Waals surface area contributed by atoms with Crippen molar-refractivity contribution in [2.24, 2.45) is 0 Å². The summed E-state index contributed by atoms with van der Waals surface area (Å²) < 4.78 is 10.7. The van der Waals surface area contributed by atoms with E-state index in [0.29, 0.717) is 11.5 Å². The van der Waals surface area contributed by atoms with E-state index in [4.69, 9.17) is 14.8 Å². The molecule has 0 aliphatic rings. The Kier molecular flexibility index (Phi) is 9.43. The Labute approximate surface area is 310 Å². The summed E-state index contributed by atoms with van der Waals surface area (Å²) >= 11 is 0. The molecular formula is C44H44N4OPt. The first-order valence-corrected chi connectivity index (χ1v) is 17.1. The van der Waals surface area contributed by atoms with Gasteiger partial charge in [-0.1, -0.05) is 58.3 Å². The third kappa shape index (κ3) is 6.22. The third-order valence-corrected chi connectivity index (χ3v) is 10.3. The molecule has 0 unspecified atom stereocenters. The van der Waals surface area contributed by atoms with E-state index < -0.39 is 0 Å². The van der Waals surface area contributed by atoms with Crippen LogP contribution in [0.5, 0.6) is 11.5 Å². The van der Waals surface area contributed by atoms with Gasteiger partial charge in [-0.15, -0.1) is 41.3 Å². The molecule has 0 saturated carbocycles. The van der Waals surface area contributed by atoms with Crippen molar-refractivity contribution in [1.29, 1.82) is 0 Å². The SMILES string of the molecule is Cc1c(C)c(C)c(-c2cnn(-c3[c-]c(Oc4[c-]c5c(cc4)c4ccccc4n5-c4cc(C(C)(C)C)ccn4)cc(C(C)C)c3)c2)c(C)c1C.[Pt+2]. The van der Waals surface area contributed by atoms with Crippen LogP contribution in [0.1, 0.15) is 79.5 Å². The first-order valence-electron chi connectivity index (χ1n) is 17.1. The van der Waals surface area contributed by atoms with Crippen LogP contribution in [0, 0.1) is 46.8 Å². The van der Waals surface area contributed by atoms with Gasteiger partial charge in [-0.25, -0.2) is 4.98 Å². The quantitative estimate of drug-likeness (QED) is 0.157. The fourth-order valence-electron chi connectivity index (χ4n) is 6.88. The van der Waals surface area contributed by atoms with Crippen molar-refractivity contribution in [1.82, 2.24) is 19.3 Å². The fraction of sp³-hybridized carbons (Fsp3) is 0.273. The summed E-state index contributed by atoms with van der Waals surface area (Å²) in [6.07, 6.45) is 5.97. The van der Waals surface area contributed by atoms with Gasteiger partial charge in [0.2, 0.25) is 0 Å². The largest absolute Gasteiger partial charge is 2.00 e. The van der Waals surface area contributed by atoms with Gasteiger partial charge < -0.3 is 9.30 Å². The maximum Gasteiger partial charge on any atom is 2.00 e. The van der Waals surface area contributed by atoms with Gasteiger partial charge in [0.05, 0.1) is 6.20 Å². The van der Waals surface area contributed by atoms with Gasteiger partial charge in [0.25, 0.3) is 0 Å². The van der Waals surface area contributed by atoms with Crippen molar-refractivity contribution >= 4 is 21.8 Å². The minimum absolute atomic E-state index is 0. The van der Waals surface area contributed by atoms with Crippen LogP contribution in [0.3, 0.4) is 0 Å². The standard InChI is InChI=1S/C44H44N4O.Pt/c1-26(2)32-19-35(47-25-33(24-46-47)43-30(6)28(4)27(3)29(5)31(43)7)22-37(20-32)49-36-15-16-39-38-13-11-12-14-40(38)48(41(39)23-36)42-21-34(17-18-45-42)44(8,9)10;/h11-21,24-26H,1-10H3;/q-2;+2. The maximum absolute atomic E-state index is 6.59. The van der Waals surface area contributed by atoms with Crippen LogP contribution in [-0.2, 0) is 26.5 Å². The molecule has 0 fully saturated rings. The van der Waals surface area contributed by atoms with E-state index in [1.807, 2.05) is 23.1 Å². The van der Waals surface area contributed by atoms with Crippen molar-refractivity contribution < 1.29 is 25.8 Å². The Morgan fingerprint density at radius 1 is 0.760 bits per heavy atom. The summed E-state index contributed by atoms with van der Waals surface area (Å²) in [6, 6.07) is 28.2. The number of rotatable bonds is 6. The predicted molar refractivity (Wildman–Crippen MR) is 202 cm³/mol. The fourth-order valence-corrected chi connectivity index (χ4v) is 6.88. The van der Waals surface area contributed by atoms with Crippen LogP contribution in [-0.4, -0.2) is 19.3 Å². The molecule has 4 aromatic carbocycles. The van der Waals surface area contributed by atoms with Crippen molar-refractivity contribution in [3.8, 4) is 34.1 Å². The summed E-state index contributed by atoms with van der Waals surface area (Å²) in [6.45, 7) is 22.1. The Hall–Kier alpha value is -4.47. The molecule has 0 atom stereocenters. The average Bonchev–Trinajstić information content (AvgIpc) is 3.69. The number of fused-ring (bicyclic) bond motifs is 3. The third-order valence-electron chi connectivity index (χ3n) is 10.3. The second-order valence-corrected chi connectivity index (χ2v) is 14.7. The van der Waals surface area contributed by atoms with Crippen LogP contribution in [0.15, 0.2) is 79.3 Å². The predicted octanol–water partition coefficient (Wildman–Crippen LogP) is 11.4. The molecule has 0 amide bonds. The van der Waals surface area contributed by atoms with E-state index in [9.17, 15) is 0 Å². The molecule has 0 N–H and O–H groups in total. The van der Waals surface area contributed by atoms with Crippen LogP contribution in [0.2, 0.25) is 0 Å². The summed E-state index contributed by atoms with van der Waals surface area (Å²) in [5, 5.41) is 7.07. The molecule has 0 aliphatic heterocycles. The summed E-state index contributed by atoms with van der Waals surface area (Å²) in [5.41, 5.74) is 14.2. The van der Waals surface area contributed by atoms with E-state index in [1.54, 1.807) is 0 Å². The Morgan fingerprint density at radius 2 is 1.46 bits per heavy atom. The molecule has 6 heteroatoms. The molecule has 0 saturated heterocycles. The number of benzene rings is 4. The summed E-state index contributed by atoms with van der Waals surface area (Å²) in [5.74, 6) is 2.39. The van der Waals surface area contributed by atoms with Gasteiger partial charge in [-0.3, -0.25) is 4.68 Å². The zero-order valence-electron chi connectivity index (χ0n) is 30.6. The summed E-state index contributed by atoms with van der Waals surface area (Å²) in [4.78, 5) is 4.82. The van der Waals surface area contributed by atoms with Crippen molar-refractivity contribution in [3.63, 3.8) is 0 Å². The summed E-state index contributed by atoms with van der Waals surface area (Å²) in [7, 11) is 0. The Balaban J connectivity index is 0.00000432. The normalized spacial score (nSPS) is 11.8. The first kappa shape index (κ1) is 35.4. The molecule has 3 heterocycles. The van der Waals surface area contributed by atoms with Crippen LogP contribution < -0.4 is 4.74 Å². The minimum atomic E-state index is -0.00553. The second kappa shape index (κ2) is 13.3. The molecule has 0 aliphatic carbocycles. The number of ether oxygens (including phenoxy) is 1. The number of aromatic nitrogens is 4. The molecule has 50 heavy (non-hydrogen) atoms. The second-order valence-electron chi connectivity index (χ2n) is 14.7. The number of hydrogen-bond donors (Lipinski definition) is 0.